The molecule has 0 spiro atoms. The van der Waals surface area contributed by atoms with Crippen molar-refractivity contribution in [3.63, 3.8) is 0 Å². The molecule has 2 aromatic carbocycles. The van der Waals surface area contributed by atoms with Gasteiger partial charge in [-0.1, -0.05) is 29.3 Å². The molecule has 0 saturated carbocycles. The molecule has 3 aliphatic rings. The summed E-state index contributed by atoms with van der Waals surface area (Å²) in [6.07, 6.45) is 1.28. The number of methoxy groups -OCH3 is 1. The second-order valence-corrected chi connectivity index (χ2v) is 11.1. The molecule has 3 aromatic rings. The van der Waals surface area contributed by atoms with Crippen LogP contribution < -0.4 is 15.4 Å². The summed E-state index contributed by atoms with van der Waals surface area (Å²) in [4.78, 5) is 6.99. The Morgan fingerprint density at radius 2 is 1.97 bits per heavy atom. The molecule has 1 unspecified atom stereocenters. The minimum absolute atomic E-state index is 0.107. The van der Waals surface area contributed by atoms with Crippen molar-refractivity contribution in [3.8, 4) is 5.75 Å². The number of aromatic nitrogens is 1. The number of hydrogen-bond donors (Lipinski definition) is 2. The van der Waals surface area contributed by atoms with Crippen molar-refractivity contribution >= 4 is 57.1 Å². The first kappa shape index (κ1) is 28.0. The number of nitrogens with one attached hydrogen (secondary N) is 2. The van der Waals surface area contributed by atoms with Crippen molar-refractivity contribution in [2.24, 2.45) is 11.8 Å². The Morgan fingerprint density at radius 1 is 1.23 bits per heavy atom. The Hall–Kier alpha value is -2.59. The number of alkyl halides is 3. The SMILES string of the molecule is C=C[C@H]1CN2CC[C@H]1C[C@@H]2[C@@H](NC(=S)Nc1c(Cl)cc(C(F)(F)F)cc1Cl)c1ccnc2ccc(OC)cc12. The van der Waals surface area contributed by atoms with Gasteiger partial charge in [0.05, 0.1) is 40.0 Å². The number of nitrogens with zero attached hydrogens (tertiary/aromatic N) is 2. The van der Waals surface area contributed by atoms with E-state index in [4.69, 9.17) is 40.2 Å². The lowest BCUT2D eigenvalue weighted by Crippen LogP contribution is -2.57. The van der Waals surface area contributed by atoms with Gasteiger partial charge < -0.3 is 15.4 Å². The summed E-state index contributed by atoms with van der Waals surface area (Å²) < 4.78 is 45.1. The molecule has 2 N–H and O–H groups in total. The van der Waals surface area contributed by atoms with Crippen LogP contribution in [0.1, 0.15) is 30.0 Å². The van der Waals surface area contributed by atoms with Crippen LogP contribution in [-0.4, -0.2) is 41.2 Å². The highest BCUT2D eigenvalue weighted by atomic mass is 35.5. The minimum Gasteiger partial charge on any atom is -0.497 e. The number of thiocarbonyl (C=S) groups is 1. The first-order valence-electron chi connectivity index (χ1n) is 12.5. The summed E-state index contributed by atoms with van der Waals surface area (Å²) in [6, 6.07) is 9.21. The van der Waals surface area contributed by atoms with E-state index in [9.17, 15) is 13.2 Å². The summed E-state index contributed by atoms with van der Waals surface area (Å²) >= 11 is 18.1. The van der Waals surface area contributed by atoms with Gasteiger partial charge >= 0.3 is 6.18 Å². The van der Waals surface area contributed by atoms with E-state index in [1.807, 2.05) is 30.3 Å². The van der Waals surface area contributed by atoms with Gasteiger partial charge in [-0.2, -0.15) is 13.2 Å². The van der Waals surface area contributed by atoms with Crippen molar-refractivity contribution in [1.82, 2.24) is 15.2 Å². The molecule has 39 heavy (non-hydrogen) atoms. The van der Waals surface area contributed by atoms with Gasteiger partial charge in [0, 0.05) is 24.2 Å². The van der Waals surface area contributed by atoms with Crippen molar-refractivity contribution in [1.29, 1.82) is 0 Å². The first-order valence-corrected chi connectivity index (χ1v) is 13.7. The number of halogens is 5. The maximum absolute atomic E-state index is 13.2. The van der Waals surface area contributed by atoms with Crippen molar-refractivity contribution < 1.29 is 17.9 Å². The number of benzene rings is 2. The zero-order valence-corrected chi connectivity index (χ0v) is 23.4. The third kappa shape index (κ3) is 5.68. The van der Waals surface area contributed by atoms with Gasteiger partial charge in [0.25, 0.3) is 0 Å². The fourth-order valence-electron chi connectivity index (χ4n) is 5.80. The normalized spacial score (nSPS) is 23.3. The average Bonchev–Trinajstić information content (AvgIpc) is 2.92. The number of ether oxygens (including phenoxy) is 1. The Bertz CT molecular complexity index is 1400. The zero-order chi connectivity index (χ0) is 27.9. The Kier molecular flexibility index (Phi) is 7.97. The van der Waals surface area contributed by atoms with Crippen molar-refractivity contribution in [3.05, 3.63) is 76.4 Å². The van der Waals surface area contributed by atoms with E-state index >= 15 is 0 Å². The number of hydrogen-bond acceptors (Lipinski definition) is 4. The van der Waals surface area contributed by atoms with E-state index < -0.39 is 11.7 Å². The number of rotatable bonds is 6. The smallest absolute Gasteiger partial charge is 0.416 e. The second kappa shape index (κ2) is 11.1. The largest absolute Gasteiger partial charge is 0.497 e. The highest BCUT2D eigenvalue weighted by molar-refractivity contribution is 7.80. The van der Waals surface area contributed by atoms with Crippen LogP contribution in [0.2, 0.25) is 10.0 Å². The average molecular weight is 596 g/mol. The van der Waals surface area contributed by atoms with Gasteiger partial charge in [0.15, 0.2) is 5.11 Å². The van der Waals surface area contributed by atoms with Gasteiger partial charge in [0.2, 0.25) is 0 Å². The Morgan fingerprint density at radius 3 is 2.59 bits per heavy atom. The van der Waals surface area contributed by atoms with Gasteiger partial charge in [-0.3, -0.25) is 9.88 Å². The molecule has 5 atom stereocenters. The third-order valence-corrected chi connectivity index (χ3v) is 8.57. The van der Waals surface area contributed by atoms with E-state index in [2.05, 4.69) is 27.1 Å². The highest BCUT2D eigenvalue weighted by Crippen LogP contribution is 2.43. The lowest BCUT2D eigenvalue weighted by molar-refractivity contribution is -0.137. The van der Waals surface area contributed by atoms with Crippen LogP contribution in [0, 0.1) is 11.8 Å². The van der Waals surface area contributed by atoms with Crippen LogP contribution >= 0.6 is 35.4 Å². The van der Waals surface area contributed by atoms with E-state index in [1.54, 1.807) is 13.3 Å². The fourth-order valence-corrected chi connectivity index (χ4v) is 6.61. The highest BCUT2D eigenvalue weighted by Gasteiger charge is 2.43. The summed E-state index contributed by atoms with van der Waals surface area (Å²) in [5.41, 5.74) is 0.981. The molecule has 3 saturated heterocycles. The molecular weight excluding hydrogens is 568 g/mol. The number of piperidine rings is 3. The van der Waals surface area contributed by atoms with E-state index in [1.165, 1.54) is 0 Å². The molecule has 0 amide bonds. The van der Waals surface area contributed by atoms with Gasteiger partial charge in [-0.25, -0.2) is 0 Å². The zero-order valence-electron chi connectivity index (χ0n) is 21.1. The Balaban J connectivity index is 1.50. The van der Waals surface area contributed by atoms with Crippen LogP contribution in [0.4, 0.5) is 18.9 Å². The summed E-state index contributed by atoms with van der Waals surface area (Å²) in [5, 5.41) is 7.15. The van der Waals surface area contributed by atoms with Crippen molar-refractivity contribution in [2.75, 3.05) is 25.5 Å². The predicted octanol–water partition coefficient (Wildman–Crippen LogP) is 7.49. The molecule has 4 heterocycles. The van der Waals surface area contributed by atoms with Gasteiger partial charge in [-0.05, 0) is 85.4 Å². The van der Waals surface area contributed by atoms with Crippen LogP contribution in [0.25, 0.3) is 10.9 Å². The maximum Gasteiger partial charge on any atom is 0.416 e. The Labute approximate surface area is 240 Å². The van der Waals surface area contributed by atoms with Crippen LogP contribution in [0.5, 0.6) is 5.75 Å². The van der Waals surface area contributed by atoms with Crippen molar-refractivity contribution in [2.45, 2.75) is 31.1 Å². The van der Waals surface area contributed by atoms with Gasteiger partial charge in [-0.15, -0.1) is 6.58 Å². The van der Waals surface area contributed by atoms with Crippen LogP contribution in [-0.2, 0) is 6.18 Å². The molecule has 0 radical (unpaired) electrons. The fraction of sp³-hybridized carbons (Fsp3) is 0.357. The molecule has 6 rings (SSSR count). The molecule has 206 valence electrons. The molecule has 11 heteroatoms. The first-order chi connectivity index (χ1) is 18.6. The molecule has 1 aromatic heterocycles. The summed E-state index contributed by atoms with van der Waals surface area (Å²) in [5.74, 6) is 1.64. The van der Waals surface area contributed by atoms with Gasteiger partial charge in [0.1, 0.15) is 5.75 Å². The monoisotopic (exact) mass is 594 g/mol. The van der Waals surface area contributed by atoms with E-state index in [0.717, 1.165) is 54.5 Å². The lowest BCUT2D eigenvalue weighted by atomic mass is 9.73. The quantitative estimate of drug-likeness (QED) is 0.228. The molecular formula is C28H27Cl2F3N4OS. The van der Waals surface area contributed by atoms with E-state index in [0.29, 0.717) is 17.6 Å². The predicted molar refractivity (Wildman–Crippen MR) is 154 cm³/mol. The molecule has 5 nitrogen and oxygen atoms in total. The number of pyridine rings is 1. The van der Waals surface area contributed by atoms with Crippen LogP contribution in [0.3, 0.4) is 0 Å². The number of anilines is 1. The second-order valence-electron chi connectivity index (χ2n) is 9.92. The molecule has 0 aliphatic carbocycles. The minimum atomic E-state index is -4.57. The maximum atomic E-state index is 13.2. The number of fused-ring (bicyclic) bond motifs is 4. The summed E-state index contributed by atoms with van der Waals surface area (Å²) in [7, 11) is 1.62. The summed E-state index contributed by atoms with van der Waals surface area (Å²) in [6.45, 7) is 5.90. The third-order valence-electron chi connectivity index (χ3n) is 7.75. The topological polar surface area (TPSA) is 49.4 Å². The standard InChI is InChI=1S/C28H27Cl2F3N4OS/c1-3-15-14-37-9-7-16(15)10-24(37)25(19-6-8-34-23-5-4-18(38-2)13-20(19)23)35-27(39)36-26-21(29)11-17(12-22(26)30)28(31,32)33/h3-6,8,11-13,15-16,24-25H,1,7,9-10,14H2,2H3,(H2,35,36,39)/t15-,16-,24+,25-/m0/s1. The molecule has 2 bridgehead atoms. The lowest BCUT2D eigenvalue weighted by Gasteiger charge is -2.52. The molecule has 3 fully saturated rings. The van der Waals surface area contributed by atoms with E-state index in [-0.39, 0.29) is 32.9 Å². The van der Waals surface area contributed by atoms with Crippen LogP contribution in [0.15, 0.2) is 55.3 Å². The molecule has 3 aliphatic heterocycles.